The predicted molar refractivity (Wildman–Crippen MR) is 83.4 cm³/mol. The second-order valence-electron chi connectivity index (χ2n) is 11.3. The Morgan fingerprint density at radius 2 is 1.57 bits per heavy atom. The van der Waals surface area contributed by atoms with E-state index in [9.17, 15) is 0 Å². The fraction of sp³-hybridized carbons (Fsp3) is 1.00. The molecular formula is C21H30. The maximum absolute atomic E-state index is 2.72. The molecule has 0 nitrogen and oxygen atoms in total. The summed E-state index contributed by atoms with van der Waals surface area (Å²) >= 11 is 0. The van der Waals surface area contributed by atoms with E-state index in [1.165, 1.54) is 41.4 Å². The summed E-state index contributed by atoms with van der Waals surface area (Å²) in [5, 5.41) is 0. The van der Waals surface area contributed by atoms with E-state index in [0.717, 1.165) is 29.1 Å². The molecule has 0 heteroatoms. The van der Waals surface area contributed by atoms with Crippen LogP contribution in [0.4, 0.5) is 0 Å². The molecule has 0 radical (unpaired) electrons. The van der Waals surface area contributed by atoms with Crippen molar-refractivity contribution >= 4 is 0 Å². The van der Waals surface area contributed by atoms with Crippen LogP contribution in [0.25, 0.3) is 0 Å². The normalized spacial score (nSPS) is 76.4. The zero-order chi connectivity index (χ0) is 13.9. The van der Waals surface area contributed by atoms with Crippen LogP contribution in [-0.2, 0) is 0 Å². The summed E-state index contributed by atoms with van der Waals surface area (Å²) in [7, 11) is 0. The van der Waals surface area contributed by atoms with Crippen molar-refractivity contribution in [2.24, 2.45) is 75.9 Å². The first-order chi connectivity index (χ1) is 10.0. The fourth-order valence-electron chi connectivity index (χ4n) is 10.8. The number of rotatable bonds is 0. The van der Waals surface area contributed by atoms with Gasteiger partial charge in [0.1, 0.15) is 0 Å². The van der Waals surface area contributed by atoms with Gasteiger partial charge in [-0.25, -0.2) is 0 Å². The largest absolute Gasteiger partial charge is 0.0593 e. The Hall–Kier alpha value is 0. The molecule has 0 aliphatic heterocycles. The third-order valence-electron chi connectivity index (χ3n) is 11.4. The van der Waals surface area contributed by atoms with Crippen LogP contribution in [0.5, 0.6) is 0 Å². The van der Waals surface area contributed by atoms with Gasteiger partial charge in [0, 0.05) is 0 Å². The molecule has 0 amide bonds. The Morgan fingerprint density at radius 3 is 2.38 bits per heavy atom. The van der Waals surface area contributed by atoms with Crippen LogP contribution >= 0.6 is 0 Å². The molecule has 0 aromatic heterocycles. The van der Waals surface area contributed by atoms with E-state index in [1.54, 1.807) is 32.1 Å². The molecule has 7 aliphatic carbocycles. The van der Waals surface area contributed by atoms with Crippen LogP contribution in [0.3, 0.4) is 0 Å². The summed E-state index contributed by atoms with van der Waals surface area (Å²) in [6, 6.07) is 0. The van der Waals surface area contributed by atoms with Gasteiger partial charge >= 0.3 is 0 Å². The molecule has 12 atom stereocenters. The predicted octanol–water partition coefficient (Wildman–Crippen LogP) is 4.84. The highest BCUT2D eigenvalue weighted by Gasteiger charge is 2.82. The number of hydrogen-bond donors (Lipinski definition) is 0. The third kappa shape index (κ3) is 0.856. The minimum atomic E-state index is 0.692. The van der Waals surface area contributed by atoms with Gasteiger partial charge in [-0.15, -0.1) is 0 Å². The lowest BCUT2D eigenvalue weighted by Crippen LogP contribution is -2.70. The molecule has 21 heavy (non-hydrogen) atoms. The van der Waals surface area contributed by atoms with Gasteiger partial charge in [0.05, 0.1) is 0 Å². The SMILES string of the molecule is CC1(C)C2CC3CC(C32)C2C3CCC4CC5C(C21)C3C45C. The zero-order valence-corrected chi connectivity index (χ0v) is 13.9. The van der Waals surface area contributed by atoms with Crippen molar-refractivity contribution in [1.29, 1.82) is 0 Å². The smallest absolute Gasteiger partial charge is 0.0232 e. The van der Waals surface area contributed by atoms with Gasteiger partial charge in [-0.05, 0) is 108 Å². The molecule has 0 saturated heterocycles. The highest BCUT2D eigenvalue weighted by molar-refractivity contribution is 5.29. The van der Waals surface area contributed by atoms with Crippen LogP contribution in [0, 0.1) is 75.9 Å². The first-order valence-electron chi connectivity index (χ1n) is 10.0. The summed E-state index contributed by atoms with van der Waals surface area (Å²) in [6.07, 6.45) is 8.13. The third-order valence-corrected chi connectivity index (χ3v) is 11.4. The molecular weight excluding hydrogens is 252 g/mol. The van der Waals surface area contributed by atoms with E-state index in [2.05, 4.69) is 20.8 Å². The topological polar surface area (TPSA) is 0 Å². The van der Waals surface area contributed by atoms with Crippen LogP contribution in [0.1, 0.15) is 52.9 Å². The van der Waals surface area contributed by atoms with Crippen molar-refractivity contribution in [3.63, 3.8) is 0 Å². The van der Waals surface area contributed by atoms with E-state index in [4.69, 9.17) is 0 Å². The quantitative estimate of drug-likeness (QED) is 0.596. The van der Waals surface area contributed by atoms with Crippen molar-refractivity contribution in [2.75, 3.05) is 0 Å². The van der Waals surface area contributed by atoms with Crippen LogP contribution in [0.2, 0.25) is 0 Å². The molecule has 114 valence electrons. The molecule has 0 heterocycles. The average Bonchev–Trinajstić information content (AvgIpc) is 2.73. The minimum Gasteiger partial charge on any atom is -0.0593 e. The molecule has 7 saturated carbocycles. The minimum absolute atomic E-state index is 0.692. The lowest BCUT2D eigenvalue weighted by Gasteiger charge is -2.76. The highest BCUT2D eigenvalue weighted by Crippen LogP contribution is 2.87. The van der Waals surface area contributed by atoms with E-state index >= 15 is 0 Å². The average molecular weight is 282 g/mol. The van der Waals surface area contributed by atoms with E-state index < -0.39 is 0 Å². The molecule has 0 spiro atoms. The van der Waals surface area contributed by atoms with Crippen LogP contribution in [0.15, 0.2) is 0 Å². The van der Waals surface area contributed by atoms with Gasteiger partial charge in [-0.3, -0.25) is 0 Å². The van der Waals surface area contributed by atoms with Crippen molar-refractivity contribution in [2.45, 2.75) is 52.9 Å². The Labute approximate surface area is 129 Å². The molecule has 12 unspecified atom stereocenters. The Balaban J connectivity index is 1.41. The van der Waals surface area contributed by atoms with Crippen LogP contribution < -0.4 is 0 Å². The number of fused-ring (bicyclic) bond motifs is 5. The molecule has 0 bridgehead atoms. The molecule has 7 fully saturated rings. The maximum atomic E-state index is 2.72. The van der Waals surface area contributed by atoms with Gasteiger partial charge in [0.25, 0.3) is 0 Å². The molecule has 7 aliphatic rings. The molecule has 0 N–H and O–H groups in total. The Bertz CT molecular complexity index is 560. The van der Waals surface area contributed by atoms with Gasteiger partial charge in [-0.2, -0.15) is 0 Å². The van der Waals surface area contributed by atoms with Crippen molar-refractivity contribution in [1.82, 2.24) is 0 Å². The van der Waals surface area contributed by atoms with E-state index in [1.807, 2.05) is 0 Å². The molecule has 0 aromatic carbocycles. The lowest BCUT2D eigenvalue weighted by molar-refractivity contribution is -0.279. The maximum Gasteiger partial charge on any atom is -0.0232 e. The van der Waals surface area contributed by atoms with Crippen molar-refractivity contribution < 1.29 is 0 Å². The van der Waals surface area contributed by atoms with Crippen molar-refractivity contribution in [3.8, 4) is 0 Å². The lowest BCUT2D eigenvalue weighted by atomic mass is 9.29. The zero-order valence-electron chi connectivity index (χ0n) is 13.9. The monoisotopic (exact) mass is 282 g/mol. The fourth-order valence-corrected chi connectivity index (χ4v) is 10.8. The Kier molecular flexibility index (Phi) is 1.58. The first-order valence-corrected chi connectivity index (χ1v) is 10.0. The standard InChI is InChI=1S/C21H30/c1-20(2)13-7-9-6-12(15(9)13)16-11-5-4-10-8-14-17(19(16)20)18(11)21(10,14)3/h9-19H,4-8H2,1-3H3. The van der Waals surface area contributed by atoms with Gasteiger partial charge in [-0.1, -0.05) is 20.8 Å². The molecule has 0 aromatic rings. The molecule has 7 rings (SSSR count). The summed E-state index contributed by atoms with van der Waals surface area (Å²) < 4.78 is 0. The van der Waals surface area contributed by atoms with E-state index in [-0.39, 0.29) is 0 Å². The second kappa shape index (κ2) is 2.89. The summed E-state index contributed by atoms with van der Waals surface area (Å²) in [5.74, 6) is 12.9. The summed E-state index contributed by atoms with van der Waals surface area (Å²) in [6.45, 7) is 8.15. The van der Waals surface area contributed by atoms with Crippen molar-refractivity contribution in [3.05, 3.63) is 0 Å². The van der Waals surface area contributed by atoms with Crippen LogP contribution in [-0.4, -0.2) is 0 Å². The van der Waals surface area contributed by atoms with Gasteiger partial charge in [0.15, 0.2) is 0 Å². The highest BCUT2D eigenvalue weighted by atomic mass is 14.9. The van der Waals surface area contributed by atoms with E-state index in [0.29, 0.717) is 5.41 Å². The second-order valence-corrected chi connectivity index (χ2v) is 11.3. The summed E-state index contributed by atoms with van der Waals surface area (Å²) in [5.41, 5.74) is 1.53. The summed E-state index contributed by atoms with van der Waals surface area (Å²) in [4.78, 5) is 0. The van der Waals surface area contributed by atoms with Gasteiger partial charge in [0.2, 0.25) is 0 Å². The first kappa shape index (κ1) is 11.5. The number of hydrogen-bond acceptors (Lipinski definition) is 0. The van der Waals surface area contributed by atoms with Gasteiger partial charge < -0.3 is 0 Å². The Morgan fingerprint density at radius 1 is 0.714 bits per heavy atom.